The Morgan fingerprint density at radius 3 is 2.56 bits per heavy atom. The van der Waals surface area contributed by atoms with E-state index in [9.17, 15) is 0 Å². The van der Waals surface area contributed by atoms with Crippen LogP contribution in [0.2, 0.25) is 0 Å². The van der Waals surface area contributed by atoms with Crippen molar-refractivity contribution in [3.8, 4) is 0 Å². The molecule has 0 saturated heterocycles. The van der Waals surface area contributed by atoms with Gasteiger partial charge in [-0.05, 0) is 18.1 Å². The van der Waals surface area contributed by atoms with Crippen molar-refractivity contribution in [1.82, 2.24) is 9.97 Å². The Kier molecular flexibility index (Phi) is 2.72. The lowest BCUT2D eigenvalue weighted by atomic mass is 10.0. The predicted molar refractivity (Wildman–Crippen MR) is 64.8 cm³/mol. The fourth-order valence-corrected chi connectivity index (χ4v) is 1.58. The van der Waals surface area contributed by atoms with Crippen LogP contribution in [-0.4, -0.2) is 9.97 Å². The molecule has 0 bridgehead atoms. The van der Waals surface area contributed by atoms with E-state index < -0.39 is 0 Å². The van der Waals surface area contributed by atoms with Gasteiger partial charge in [0.15, 0.2) is 0 Å². The Morgan fingerprint density at radius 1 is 1.12 bits per heavy atom. The average molecular weight is 214 g/mol. The molecule has 82 valence electrons. The highest BCUT2D eigenvalue weighted by Gasteiger charge is 2.05. The molecule has 0 aliphatic rings. The number of hydrogen-bond donors (Lipinski definition) is 2. The zero-order valence-corrected chi connectivity index (χ0v) is 9.14. The maximum absolute atomic E-state index is 5.79. The highest BCUT2D eigenvalue weighted by atomic mass is 15.0. The van der Waals surface area contributed by atoms with Crippen LogP contribution in [0, 0.1) is 6.92 Å². The molecular formula is C12H14N4. The number of nitrogen functional groups attached to an aromatic ring is 2. The minimum Gasteiger partial charge on any atom is -0.383 e. The van der Waals surface area contributed by atoms with Gasteiger partial charge in [0.25, 0.3) is 0 Å². The number of nitrogens with two attached hydrogens (primary N) is 2. The van der Waals surface area contributed by atoms with Gasteiger partial charge in [-0.3, -0.25) is 0 Å². The molecule has 0 saturated carbocycles. The topological polar surface area (TPSA) is 77.8 Å². The van der Waals surface area contributed by atoms with Gasteiger partial charge in [-0.25, -0.2) is 4.98 Å². The average Bonchev–Trinajstić information content (AvgIpc) is 2.25. The van der Waals surface area contributed by atoms with Crippen LogP contribution < -0.4 is 11.5 Å². The fraction of sp³-hybridized carbons (Fsp3) is 0.167. The molecular weight excluding hydrogens is 200 g/mol. The summed E-state index contributed by atoms with van der Waals surface area (Å²) < 4.78 is 0. The van der Waals surface area contributed by atoms with Gasteiger partial charge in [0.05, 0.1) is 0 Å². The third-order valence-electron chi connectivity index (χ3n) is 2.56. The minimum atomic E-state index is 0.214. The van der Waals surface area contributed by atoms with E-state index in [1.54, 1.807) is 6.20 Å². The van der Waals surface area contributed by atoms with Gasteiger partial charge in [0.1, 0.15) is 5.82 Å². The van der Waals surface area contributed by atoms with E-state index >= 15 is 0 Å². The smallest absolute Gasteiger partial charge is 0.221 e. The molecule has 0 fully saturated rings. The Balaban J connectivity index is 2.31. The molecule has 0 unspecified atom stereocenters. The van der Waals surface area contributed by atoms with Crippen LogP contribution in [0.3, 0.4) is 0 Å². The van der Waals surface area contributed by atoms with Crippen molar-refractivity contribution >= 4 is 11.8 Å². The van der Waals surface area contributed by atoms with Crippen molar-refractivity contribution in [2.24, 2.45) is 0 Å². The fourth-order valence-electron chi connectivity index (χ4n) is 1.58. The van der Waals surface area contributed by atoms with Gasteiger partial charge in [-0.2, -0.15) is 4.98 Å². The highest BCUT2D eigenvalue weighted by Crippen LogP contribution is 2.16. The van der Waals surface area contributed by atoms with Crippen LogP contribution in [0.1, 0.15) is 16.7 Å². The summed E-state index contributed by atoms with van der Waals surface area (Å²) >= 11 is 0. The number of aryl methyl sites for hydroxylation is 1. The van der Waals surface area contributed by atoms with Crippen molar-refractivity contribution in [2.75, 3.05) is 11.5 Å². The summed E-state index contributed by atoms with van der Waals surface area (Å²) in [7, 11) is 0. The highest BCUT2D eigenvalue weighted by molar-refractivity contribution is 5.45. The monoisotopic (exact) mass is 214 g/mol. The van der Waals surface area contributed by atoms with Crippen molar-refractivity contribution in [3.63, 3.8) is 0 Å². The zero-order chi connectivity index (χ0) is 11.5. The standard InChI is InChI=1S/C12H14N4/c1-8-4-2-3-5-9(8)6-10-7-15-12(14)16-11(10)13/h2-5,7H,6H2,1H3,(H4,13,14,15,16). The normalized spacial score (nSPS) is 10.3. The van der Waals surface area contributed by atoms with Crippen molar-refractivity contribution in [2.45, 2.75) is 13.3 Å². The second-order valence-corrected chi connectivity index (χ2v) is 3.74. The second-order valence-electron chi connectivity index (χ2n) is 3.74. The van der Waals surface area contributed by atoms with Crippen LogP contribution in [0.25, 0.3) is 0 Å². The molecule has 4 N–H and O–H groups in total. The van der Waals surface area contributed by atoms with E-state index in [0.717, 1.165) is 12.0 Å². The van der Waals surface area contributed by atoms with E-state index in [0.29, 0.717) is 5.82 Å². The van der Waals surface area contributed by atoms with E-state index in [1.165, 1.54) is 11.1 Å². The summed E-state index contributed by atoms with van der Waals surface area (Å²) in [6.07, 6.45) is 2.42. The molecule has 0 atom stereocenters. The number of hydrogen-bond acceptors (Lipinski definition) is 4. The maximum Gasteiger partial charge on any atom is 0.221 e. The molecule has 0 aliphatic heterocycles. The lowest BCUT2D eigenvalue weighted by Gasteiger charge is -2.07. The maximum atomic E-state index is 5.79. The first kappa shape index (κ1) is 10.4. The molecule has 2 rings (SSSR count). The summed E-state index contributed by atoms with van der Waals surface area (Å²) in [5.74, 6) is 0.668. The number of benzene rings is 1. The number of rotatable bonds is 2. The van der Waals surface area contributed by atoms with Crippen LogP contribution >= 0.6 is 0 Å². The van der Waals surface area contributed by atoms with Crippen LogP contribution in [0.15, 0.2) is 30.5 Å². The SMILES string of the molecule is Cc1ccccc1Cc1cnc(N)nc1N. The van der Waals surface area contributed by atoms with Crippen molar-refractivity contribution < 1.29 is 0 Å². The quantitative estimate of drug-likeness (QED) is 0.794. The molecule has 0 radical (unpaired) electrons. The molecule has 1 heterocycles. The van der Waals surface area contributed by atoms with E-state index in [4.69, 9.17) is 11.5 Å². The third-order valence-corrected chi connectivity index (χ3v) is 2.56. The lowest BCUT2D eigenvalue weighted by Crippen LogP contribution is -2.04. The summed E-state index contributed by atoms with van der Waals surface area (Å²) in [6, 6.07) is 8.17. The number of anilines is 2. The van der Waals surface area contributed by atoms with E-state index in [-0.39, 0.29) is 5.95 Å². The van der Waals surface area contributed by atoms with Gasteiger partial charge >= 0.3 is 0 Å². The largest absolute Gasteiger partial charge is 0.383 e. The number of aromatic nitrogens is 2. The first-order chi connectivity index (χ1) is 7.66. The lowest BCUT2D eigenvalue weighted by molar-refractivity contribution is 1.08. The van der Waals surface area contributed by atoms with E-state index in [1.807, 2.05) is 12.1 Å². The summed E-state index contributed by atoms with van der Waals surface area (Å²) in [5.41, 5.74) is 14.6. The van der Waals surface area contributed by atoms with Gasteiger partial charge in [0, 0.05) is 18.2 Å². The molecule has 0 spiro atoms. The molecule has 0 aliphatic carbocycles. The van der Waals surface area contributed by atoms with Gasteiger partial charge < -0.3 is 11.5 Å². The van der Waals surface area contributed by atoms with Crippen molar-refractivity contribution in [1.29, 1.82) is 0 Å². The molecule has 1 aromatic carbocycles. The van der Waals surface area contributed by atoms with E-state index in [2.05, 4.69) is 29.0 Å². The summed E-state index contributed by atoms with van der Waals surface area (Å²) in [6.45, 7) is 2.07. The van der Waals surface area contributed by atoms with Crippen LogP contribution in [-0.2, 0) is 6.42 Å². The Morgan fingerprint density at radius 2 is 1.88 bits per heavy atom. The summed E-state index contributed by atoms with van der Waals surface area (Å²) in [5, 5.41) is 0. The third kappa shape index (κ3) is 2.11. The van der Waals surface area contributed by atoms with Gasteiger partial charge in [-0.1, -0.05) is 24.3 Å². The Bertz CT molecular complexity index is 508. The molecule has 0 amide bonds. The minimum absolute atomic E-state index is 0.214. The molecule has 1 aromatic heterocycles. The van der Waals surface area contributed by atoms with Crippen LogP contribution in [0.5, 0.6) is 0 Å². The molecule has 2 aromatic rings. The zero-order valence-electron chi connectivity index (χ0n) is 9.14. The van der Waals surface area contributed by atoms with Crippen molar-refractivity contribution in [3.05, 3.63) is 47.2 Å². The van der Waals surface area contributed by atoms with Gasteiger partial charge in [-0.15, -0.1) is 0 Å². The second kappa shape index (κ2) is 4.18. The van der Waals surface area contributed by atoms with Gasteiger partial charge in [0.2, 0.25) is 5.95 Å². The molecule has 16 heavy (non-hydrogen) atoms. The predicted octanol–water partition coefficient (Wildman–Crippen LogP) is 1.54. The first-order valence-corrected chi connectivity index (χ1v) is 5.08. The summed E-state index contributed by atoms with van der Waals surface area (Å²) in [4.78, 5) is 7.90. The Labute approximate surface area is 94.3 Å². The van der Waals surface area contributed by atoms with Crippen LogP contribution in [0.4, 0.5) is 11.8 Å². The number of nitrogens with zero attached hydrogens (tertiary/aromatic N) is 2. The first-order valence-electron chi connectivity index (χ1n) is 5.08. The molecule has 4 heteroatoms. The molecule has 4 nitrogen and oxygen atoms in total. The Hall–Kier alpha value is -2.10.